The molecular weight excluding hydrogens is 522 g/mol. The van der Waals surface area contributed by atoms with Crippen molar-refractivity contribution in [3.63, 3.8) is 0 Å². The van der Waals surface area contributed by atoms with E-state index in [1.54, 1.807) is 6.92 Å². The molecule has 2 aliphatic carbocycles. The van der Waals surface area contributed by atoms with Crippen molar-refractivity contribution in [2.45, 2.75) is 62.4 Å². The van der Waals surface area contributed by atoms with Crippen molar-refractivity contribution < 1.29 is 49.0 Å². The van der Waals surface area contributed by atoms with Gasteiger partial charge in [-0.15, -0.1) is 12.4 Å². The third-order valence-electron chi connectivity index (χ3n) is 7.39. The summed E-state index contributed by atoms with van der Waals surface area (Å²) in [6.07, 6.45) is -4.23. The highest BCUT2D eigenvalue weighted by Crippen LogP contribution is 2.52. The number of carbonyl (C=O) groups is 3. The third kappa shape index (κ3) is 4.15. The van der Waals surface area contributed by atoms with Crippen LogP contribution in [0, 0.1) is 0 Å². The van der Waals surface area contributed by atoms with Crippen LogP contribution in [-0.4, -0.2) is 75.5 Å². The van der Waals surface area contributed by atoms with E-state index in [1.165, 1.54) is 25.3 Å². The molecule has 204 valence electrons. The zero-order valence-corrected chi connectivity index (χ0v) is 21.4. The molecule has 0 amide bonds. The van der Waals surface area contributed by atoms with Crippen molar-refractivity contribution in [3.05, 3.63) is 51.6 Å². The number of rotatable bonds is 4. The molecule has 0 aromatic heterocycles. The average molecular weight is 550 g/mol. The first-order valence-corrected chi connectivity index (χ1v) is 11.8. The Kier molecular flexibility index (Phi) is 7.30. The van der Waals surface area contributed by atoms with Crippen LogP contribution in [0.2, 0.25) is 0 Å². The molecule has 4 unspecified atom stereocenters. The Labute approximate surface area is 223 Å². The van der Waals surface area contributed by atoms with E-state index >= 15 is 0 Å². The highest BCUT2D eigenvalue weighted by atomic mass is 35.5. The lowest BCUT2D eigenvalue weighted by atomic mass is 9.73. The quantitative estimate of drug-likeness (QED) is 0.231. The maximum atomic E-state index is 13.6. The molecule has 2 aromatic rings. The molecule has 38 heavy (non-hydrogen) atoms. The molecule has 1 saturated heterocycles. The van der Waals surface area contributed by atoms with Crippen molar-refractivity contribution in [2.24, 2.45) is 5.73 Å². The van der Waals surface area contributed by atoms with Crippen LogP contribution in [-0.2, 0) is 20.7 Å². The second kappa shape index (κ2) is 9.92. The summed E-state index contributed by atoms with van der Waals surface area (Å²) in [5, 5.41) is 43.6. The molecule has 5 rings (SSSR count). The number of aromatic hydroxyl groups is 2. The molecule has 6 atom stereocenters. The minimum atomic E-state index is -2.00. The SMILES string of the molecule is COc1cccc2c1C(=O)c1c(O)c3c(c(O)c1C2=O)C[C@@](O)(C=O)C[C@@H]3OC1CC(N)C(O)C(C)O1.Cl. The fraction of sp³-hybridized carbons (Fsp3) is 0.423. The topological polar surface area (TPSA) is 186 Å². The number of aliphatic hydroxyl groups is 2. The molecule has 0 spiro atoms. The number of aliphatic hydroxyl groups excluding tert-OH is 1. The predicted molar refractivity (Wildman–Crippen MR) is 133 cm³/mol. The van der Waals surface area contributed by atoms with Crippen molar-refractivity contribution in [3.8, 4) is 17.2 Å². The van der Waals surface area contributed by atoms with Gasteiger partial charge < -0.3 is 45.2 Å². The molecule has 3 aliphatic rings. The second-order valence-corrected chi connectivity index (χ2v) is 9.77. The number of halogens is 1. The van der Waals surface area contributed by atoms with Gasteiger partial charge in [-0.25, -0.2) is 0 Å². The molecule has 1 heterocycles. The fourth-order valence-corrected chi connectivity index (χ4v) is 5.51. The lowest BCUT2D eigenvalue weighted by Gasteiger charge is -2.41. The van der Waals surface area contributed by atoms with Gasteiger partial charge in [-0.1, -0.05) is 12.1 Å². The molecule has 0 bridgehead atoms. The predicted octanol–water partition coefficient (Wildman–Crippen LogP) is 1.06. The normalized spacial score (nSPS) is 30.0. The molecule has 0 saturated carbocycles. The molecular formula is C26H28ClNO10. The summed E-state index contributed by atoms with van der Waals surface area (Å²) >= 11 is 0. The molecule has 1 aliphatic heterocycles. The van der Waals surface area contributed by atoms with Crippen molar-refractivity contribution >= 4 is 30.3 Å². The van der Waals surface area contributed by atoms with E-state index < -0.39 is 76.9 Å². The average Bonchev–Trinajstić information content (AvgIpc) is 2.87. The summed E-state index contributed by atoms with van der Waals surface area (Å²) in [4.78, 5) is 38.8. The van der Waals surface area contributed by atoms with Gasteiger partial charge in [-0.3, -0.25) is 9.59 Å². The van der Waals surface area contributed by atoms with Gasteiger partial charge in [0, 0.05) is 42.0 Å². The number of phenols is 2. The lowest BCUT2D eigenvalue weighted by molar-refractivity contribution is -0.246. The number of ketones is 2. The number of benzene rings is 2. The first kappa shape index (κ1) is 28.0. The number of hydrogen-bond donors (Lipinski definition) is 5. The number of methoxy groups -OCH3 is 1. The van der Waals surface area contributed by atoms with Crippen molar-refractivity contribution in [1.29, 1.82) is 0 Å². The summed E-state index contributed by atoms with van der Waals surface area (Å²) in [7, 11) is 1.34. The minimum Gasteiger partial charge on any atom is -0.507 e. The zero-order chi connectivity index (χ0) is 26.8. The fourth-order valence-electron chi connectivity index (χ4n) is 5.51. The molecule has 12 heteroatoms. The number of fused-ring (bicyclic) bond motifs is 3. The largest absolute Gasteiger partial charge is 0.507 e. The van der Waals surface area contributed by atoms with Crippen LogP contribution in [0.25, 0.3) is 0 Å². The van der Waals surface area contributed by atoms with E-state index in [-0.39, 0.29) is 53.3 Å². The van der Waals surface area contributed by atoms with E-state index in [0.29, 0.717) is 6.29 Å². The smallest absolute Gasteiger partial charge is 0.202 e. The van der Waals surface area contributed by atoms with E-state index in [0.717, 1.165) is 0 Å². The Balaban J connectivity index is 0.00000336. The van der Waals surface area contributed by atoms with E-state index in [2.05, 4.69) is 0 Å². The van der Waals surface area contributed by atoms with Crippen LogP contribution < -0.4 is 10.5 Å². The van der Waals surface area contributed by atoms with Gasteiger partial charge in [-0.05, 0) is 13.0 Å². The van der Waals surface area contributed by atoms with Crippen LogP contribution in [0.3, 0.4) is 0 Å². The highest BCUT2D eigenvalue weighted by Gasteiger charge is 2.47. The van der Waals surface area contributed by atoms with Gasteiger partial charge in [0.1, 0.15) is 22.8 Å². The highest BCUT2D eigenvalue weighted by molar-refractivity contribution is 6.31. The number of aldehydes is 1. The van der Waals surface area contributed by atoms with Gasteiger partial charge >= 0.3 is 0 Å². The van der Waals surface area contributed by atoms with Gasteiger partial charge in [0.2, 0.25) is 5.78 Å². The number of carbonyl (C=O) groups excluding carboxylic acids is 3. The maximum Gasteiger partial charge on any atom is 0.202 e. The summed E-state index contributed by atoms with van der Waals surface area (Å²) in [6, 6.07) is 3.74. The second-order valence-electron chi connectivity index (χ2n) is 9.77. The number of phenolic OH excluding ortho intramolecular Hbond substituents is 2. The van der Waals surface area contributed by atoms with Gasteiger partial charge in [0.25, 0.3) is 0 Å². The first-order chi connectivity index (χ1) is 17.5. The minimum absolute atomic E-state index is 0. The third-order valence-corrected chi connectivity index (χ3v) is 7.39. The van der Waals surface area contributed by atoms with Crippen molar-refractivity contribution in [1.82, 2.24) is 0 Å². The van der Waals surface area contributed by atoms with E-state index in [1.807, 2.05) is 0 Å². The van der Waals surface area contributed by atoms with Crippen LogP contribution in [0.1, 0.15) is 68.8 Å². The van der Waals surface area contributed by atoms with Gasteiger partial charge in [0.15, 0.2) is 18.4 Å². The monoisotopic (exact) mass is 549 g/mol. The van der Waals surface area contributed by atoms with Gasteiger partial charge in [-0.2, -0.15) is 0 Å². The van der Waals surface area contributed by atoms with Crippen LogP contribution in [0.4, 0.5) is 0 Å². The molecule has 2 aromatic carbocycles. The number of ether oxygens (including phenoxy) is 3. The van der Waals surface area contributed by atoms with Crippen LogP contribution >= 0.6 is 12.4 Å². The van der Waals surface area contributed by atoms with E-state index in [9.17, 15) is 34.8 Å². The standard InChI is InChI=1S/C26H27NO10.ClH/c1-10-21(29)13(27)6-16(36-10)37-15-8-26(34,9-28)7-12-18(15)25(33)20-19(23(12)31)22(30)11-4-3-5-14(35-2)17(11)24(20)32;/h3-5,9-10,13,15-16,21,29,31,33-34H,6-8,27H2,1-2H3;1H/t10?,13?,15-,16?,21?,26-;/m0./s1. The zero-order valence-electron chi connectivity index (χ0n) is 20.5. The lowest BCUT2D eigenvalue weighted by Crippen LogP contribution is -2.52. The molecule has 0 radical (unpaired) electrons. The van der Waals surface area contributed by atoms with Crippen LogP contribution in [0.5, 0.6) is 17.2 Å². The summed E-state index contributed by atoms with van der Waals surface area (Å²) in [5.41, 5.74) is 2.93. The van der Waals surface area contributed by atoms with E-state index in [4.69, 9.17) is 19.9 Å². The summed E-state index contributed by atoms with van der Waals surface area (Å²) < 4.78 is 17.0. The molecule has 11 nitrogen and oxygen atoms in total. The summed E-state index contributed by atoms with van der Waals surface area (Å²) in [5.74, 6) is -2.57. The maximum absolute atomic E-state index is 13.6. The van der Waals surface area contributed by atoms with Gasteiger partial charge in [0.05, 0.1) is 42.1 Å². The summed E-state index contributed by atoms with van der Waals surface area (Å²) in [6.45, 7) is 1.60. The van der Waals surface area contributed by atoms with Crippen molar-refractivity contribution in [2.75, 3.05) is 7.11 Å². The van der Waals surface area contributed by atoms with Crippen LogP contribution in [0.15, 0.2) is 18.2 Å². The first-order valence-electron chi connectivity index (χ1n) is 11.8. The Morgan fingerprint density at radius 1 is 1.13 bits per heavy atom. The Bertz CT molecular complexity index is 1320. The molecule has 1 fully saturated rings. The number of hydrogen-bond acceptors (Lipinski definition) is 11. The Morgan fingerprint density at radius 2 is 1.82 bits per heavy atom. The molecule has 6 N–H and O–H groups in total. The Hall–Kier alpha value is -3.06. The number of nitrogens with two attached hydrogens (primary N) is 1. The Morgan fingerprint density at radius 3 is 2.45 bits per heavy atom.